The molecule has 5 nitrogen and oxygen atoms in total. The van der Waals surface area contributed by atoms with Gasteiger partial charge in [0.2, 0.25) is 15.9 Å². The zero-order valence-electron chi connectivity index (χ0n) is 19.2. The molecule has 0 saturated heterocycles. The summed E-state index contributed by atoms with van der Waals surface area (Å²) in [5.41, 5.74) is 3.32. The molecule has 0 bridgehead atoms. The molecule has 1 amide bonds. The third-order valence-electron chi connectivity index (χ3n) is 5.83. The van der Waals surface area contributed by atoms with Crippen molar-refractivity contribution in [2.24, 2.45) is 0 Å². The molecule has 0 unspecified atom stereocenters. The normalized spacial score (nSPS) is 15.3. The maximum atomic E-state index is 12.5. The average molecular weight is 455 g/mol. The summed E-state index contributed by atoms with van der Waals surface area (Å²) in [5.74, 6) is -0.148. The van der Waals surface area contributed by atoms with Crippen molar-refractivity contribution < 1.29 is 13.2 Å². The van der Waals surface area contributed by atoms with Crippen molar-refractivity contribution in [3.8, 4) is 0 Å². The van der Waals surface area contributed by atoms with Crippen molar-refractivity contribution in [1.29, 1.82) is 0 Å². The maximum Gasteiger partial charge on any atom is 0.244 e. The molecule has 172 valence electrons. The summed E-state index contributed by atoms with van der Waals surface area (Å²) in [6, 6.07) is 15.1. The molecule has 6 heteroatoms. The van der Waals surface area contributed by atoms with Crippen LogP contribution < -0.4 is 10.0 Å². The number of amides is 1. The molecule has 0 aromatic heterocycles. The van der Waals surface area contributed by atoms with Gasteiger partial charge in [0, 0.05) is 18.7 Å². The van der Waals surface area contributed by atoms with Crippen molar-refractivity contribution in [2.75, 3.05) is 6.54 Å². The van der Waals surface area contributed by atoms with E-state index in [0.717, 1.165) is 36.8 Å². The Bertz CT molecular complexity index is 1030. The second-order valence-corrected chi connectivity index (χ2v) is 11.2. The Morgan fingerprint density at radius 1 is 1.00 bits per heavy atom. The quantitative estimate of drug-likeness (QED) is 0.574. The van der Waals surface area contributed by atoms with Gasteiger partial charge in [-0.05, 0) is 59.6 Å². The van der Waals surface area contributed by atoms with Crippen LogP contribution in [0.4, 0.5) is 0 Å². The van der Waals surface area contributed by atoms with E-state index in [1.807, 2.05) is 24.3 Å². The van der Waals surface area contributed by atoms with Crippen LogP contribution in [0.5, 0.6) is 0 Å². The maximum absolute atomic E-state index is 12.5. The zero-order chi connectivity index (χ0) is 23.2. The van der Waals surface area contributed by atoms with Crippen LogP contribution in [0, 0.1) is 0 Å². The highest BCUT2D eigenvalue weighted by Gasteiger charge is 2.22. The van der Waals surface area contributed by atoms with Crippen molar-refractivity contribution in [2.45, 2.75) is 69.2 Å². The molecule has 0 radical (unpaired) electrons. The number of hydrogen-bond acceptors (Lipinski definition) is 3. The lowest BCUT2D eigenvalue weighted by Crippen LogP contribution is -2.32. The number of benzene rings is 2. The van der Waals surface area contributed by atoms with E-state index >= 15 is 0 Å². The zero-order valence-corrected chi connectivity index (χ0v) is 20.0. The lowest BCUT2D eigenvalue weighted by molar-refractivity contribution is -0.116. The van der Waals surface area contributed by atoms with Crippen LogP contribution >= 0.6 is 0 Å². The van der Waals surface area contributed by atoms with Gasteiger partial charge < -0.3 is 5.32 Å². The van der Waals surface area contributed by atoms with Crippen LogP contribution in [-0.2, 0) is 26.7 Å². The highest BCUT2D eigenvalue weighted by Crippen LogP contribution is 2.22. The standard InChI is InChI=1S/C26H34N2O3S/c1-26(2,3)22-13-8-20(9-14-22)12-17-25(29)27-19-18-21-10-15-24(16-11-21)32(30,31)28-23-6-4-5-7-23/h8-17,23,28H,4-7,18-19H2,1-3H3,(H,27,29)/b17-12+. The molecule has 3 rings (SSSR count). The van der Waals surface area contributed by atoms with Gasteiger partial charge in [-0.15, -0.1) is 0 Å². The second kappa shape index (κ2) is 10.5. The van der Waals surface area contributed by atoms with Gasteiger partial charge in [-0.3, -0.25) is 4.79 Å². The van der Waals surface area contributed by atoms with E-state index in [4.69, 9.17) is 0 Å². The minimum absolute atomic E-state index is 0.0550. The molecule has 2 aromatic rings. The Morgan fingerprint density at radius 3 is 2.22 bits per heavy atom. The van der Waals surface area contributed by atoms with Gasteiger partial charge in [0.1, 0.15) is 0 Å². The van der Waals surface area contributed by atoms with E-state index in [0.29, 0.717) is 13.0 Å². The monoisotopic (exact) mass is 454 g/mol. The topological polar surface area (TPSA) is 75.3 Å². The van der Waals surface area contributed by atoms with E-state index in [2.05, 4.69) is 42.9 Å². The molecular formula is C26H34N2O3S. The Kier molecular flexibility index (Phi) is 7.91. The van der Waals surface area contributed by atoms with Gasteiger partial charge in [0.25, 0.3) is 0 Å². The summed E-state index contributed by atoms with van der Waals surface area (Å²) in [6.07, 6.45) is 7.96. The second-order valence-electron chi connectivity index (χ2n) is 9.49. The molecule has 32 heavy (non-hydrogen) atoms. The third kappa shape index (κ3) is 7.04. The van der Waals surface area contributed by atoms with Crippen LogP contribution in [0.25, 0.3) is 6.08 Å². The Morgan fingerprint density at radius 2 is 1.62 bits per heavy atom. The summed E-state index contributed by atoms with van der Waals surface area (Å²) in [6.45, 7) is 7.00. The third-order valence-corrected chi connectivity index (χ3v) is 7.36. The van der Waals surface area contributed by atoms with Crippen LogP contribution in [0.1, 0.15) is 63.1 Å². The van der Waals surface area contributed by atoms with E-state index in [1.54, 1.807) is 18.2 Å². The first kappa shape index (κ1) is 24.2. The minimum atomic E-state index is -3.47. The van der Waals surface area contributed by atoms with Gasteiger partial charge in [-0.2, -0.15) is 0 Å². The van der Waals surface area contributed by atoms with Gasteiger partial charge >= 0.3 is 0 Å². The average Bonchev–Trinajstić information content (AvgIpc) is 3.24. The van der Waals surface area contributed by atoms with Crippen molar-refractivity contribution in [3.63, 3.8) is 0 Å². The fourth-order valence-electron chi connectivity index (χ4n) is 3.82. The molecular weight excluding hydrogens is 420 g/mol. The molecule has 1 saturated carbocycles. The van der Waals surface area contributed by atoms with Crippen LogP contribution in [0.2, 0.25) is 0 Å². The van der Waals surface area contributed by atoms with Crippen LogP contribution in [0.3, 0.4) is 0 Å². The van der Waals surface area contributed by atoms with Gasteiger partial charge in [0.05, 0.1) is 4.90 Å². The summed E-state index contributed by atoms with van der Waals surface area (Å²) in [4.78, 5) is 12.4. The molecule has 0 atom stereocenters. The lowest BCUT2D eigenvalue weighted by atomic mass is 9.87. The first-order valence-electron chi connectivity index (χ1n) is 11.3. The summed E-state index contributed by atoms with van der Waals surface area (Å²) in [7, 11) is -3.47. The minimum Gasteiger partial charge on any atom is -0.352 e. The first-order valence-corrected chi connectivity index (χ1v) is 12.8. The number of hydrogen-bond donors (Lipinski definition) is 2. The smallest absolute Gasteiger partial charge is 0.244 e. The summed E-state index contributed by atoms with van der Waals surface area (Å²) >= 11 is 0. The highest BCUT2D eigenvalue weighted by atomic mass is 32.2. The Labute approximate surface area is 192 Å². The summed E-state index contributed by atoms with van der Waals surface area (Å²) in [5, 5.41) is 2.87. The van der Waals surface area contributed by atoms with Crippen molar-refractivity contribution >= 4 is 22.0 Å². The van der Waals surface area contributed by atoms with E-state index in [9.17, 15) is 13.2 Å². The predicted octanol–water partition coefficient (Wildman–Crippen LogP) is 4.58. The van der Waals surface area contributed by atoms with Crippen molar-refractivity contribution in [1.82, 2.24) is 10.0 Å². The van der Waals surface area contributed by atoms with E-state index < -0.39 is 10.0 Å². The van der Waals surface area contributed by atoms with E-state index in [-0.39, 0.29) is 22.3 Å². The molecule has 0 aliphatic heterocycles. The first-order chi connectivity index (χ1) is 15.1. The number of nitrogens with one attached hydrogen (secondary N) is 2. The predicted molar refractivity (Wildman–Crippen MR) is 130 cm³/mol. The summed E-state index contributed by atoms with van der Waals surface area (Å²) < 4.78 is 27.8. The van der Waals surface area contributed by atoms with Crippen molar-refractivity contribution in [3.05, 3.63) is 71.3 Å². The molecule has 2 N–H and O–H groups in total. The highest BCUT2D eigenvalue weighted by molar-refractivity contribution is 7.89. The molecule has 0 heterocycles. The lowest BCUT2D eigenvalue weighted by Gasteiger charge is -2.18. The van der Waals surface area contributed by atoms with Crippen LogP contribution in [0.15, 0.2) is 59.5 Å². The number of sulfonamides is 1. The fourth-order valence-corrected chi connectivity index (χ4v) is 5.13. The molecule has 2 aromatic carbocycles. The number of rotatable bonds is 8. The Balaban J connectivity index is 1.45. The largest absolute Gasteiger partial charge is 0.352 e. The van der Waals surface area contributed by atoms with E-state index in [1.165, 1.54) is 11.6 Å². The number of carbonyl (C=O) groups excluding carboxylic acids is 1. The van der Waals surface area contributed by atoms with Gasteiger partial charge in [-0.1, -0.05) is 70.0 Å². The molecule has 1 fully saturated rings. The molecule has 0 spiro atoms. The SMILES string of the molecule is CC(C)(C)c1ccc(/C=C/C(=O)NCCc2ccc(S(=O)(=O)NC3CCCC3)cc2)cc1. The molecule has 1 aliphatic rings. The van der Waals surface area contributed by atoms with Crippen LogP contribution in [-0.4, -0.2) is 26.9 Å². The fraction of sp³-hybridized carbons (Fsp3) is 0.423. The van der Waals surface area contributed by atoms with Gasteiger partial charge in [-0.25, -0.2) is 13.1 Å². The molecule has 1 aliphatic carbocycles. The Hall–Kier alpha value is -2.44. The van der Waals surface area contributed by atoms with Gasteiger partial charge in [0.15, 0.2) is 0 Å². The number of carbonyl (C=O) groups is 1.